The van der Waals surface area contributed by atoms with Crippen LogP contribution in [0, 0.1) is 5.92 Å². The predicted octanol–water partition coefficient (Wildman–Crippen LogP) is 2.12. The van der Waals surface area contributed by atoms with Gasteiger partial charge < -0.3 is 15.3 Å². The molecule has 1 atom stereocenters. The van der Waals surface area contributed by atoms with Crippen LogP contribution in [0.25, 0.3) is 0 Å². The Morgan fingerprint density at radius 3 is 2.00 bits per heavy atom. The number of carboxylic acid groups (broad SMARTS) is 1. The van der Waals surface area contributed by atoms with Gasteiger partial charge in [-0.3, -0.25) is 0 Å². The summed E-state index contributed by atoms with van der Waals surface area (Å²) in [4.78, 5) is 10.2. The molecule has 0 radical (unpaired) electrons. The van der Waals surface area contributed by atoms with Crippen molar-refractivity contribution in [3.8, 4) is 0 Å². The second-order valence-corrected chi connectivity index (χ2v) is 3.90. The number of aliphatic hydroxyl groups excluding tert-OH is 1. The highest BCUT2D eigenvalue weighted by Gasteiger charge is 2.02. The molecule has 0 saturated carbocycles. The molecule has 4 nitrogen and oxygen atoms in total. The summed E-state index contributed by atoms with van der Waals surface area (Å²) in [6, 6.07) is 8.30. The number of carbonyl (C=O) groups is 1. The topological polar surface area (TPSA) is 77.8 Å². The van der Waals surface area contributed by atoms with Crippen LogP contribution < -0.4 is 0 Å². The molecule has 1 unspecified atom stereocenters. The molecule has 3 N–H and O–H groups in total. The molecule has 0 aliphatic carbocycles. The third-order valence-electron chi connectivity index (χ3n) is 2.33. The van der Waals surface area contributed by atoms with Gasteiger partial charge in [-0.05, 0) is 18.1 Å². The summed E-state index contributed by atoms with van der Waals surface area (Å²) in [7, 11) is 0. The maximum atomic E-state index is 10.2. The maximum Gasteiger partial charge on any atom is 0.335 e. The Kier molecular flexibility index (Phi) is 8.01. The lowest BCUT2D eigenvalue weighted by atomic mass is 10.1. The molecule has 0 aliphatic rings. The van der Waals surface area contributed by atoms with E-state index in [2.05, 4.69) is 0 Å². The molecule has 17 heavy (non-hydrogen) atoms. The normalized spacial score (nSPS) is 11.6. The fourth-order valence-electron chi connectivity index (χ4n) is 1.11. The Hall–Kier alpha value is -1.39. The lowest BCUT2D eigenvalue weighted by molar-refractivity contribution is -0.0547. The van der Waals surface area contributed by atoms with E-state index in [-0.39, 0.29) is 0 Å². The van der Waals surface area contributed by atoms with Gasteiger partial charge in [0.05, 0.1) is 5.56 Å². The second kappa shape index (κ2) is 8.73. The molecule has 1 rings (SSSR count). The van der Waals surface area contributed by atoms with E-state index in [4.69, 9.17) is 15.3 Å². The molecular weight excluding hydrogens is 220 g/mol. The molecular formula is C13H20O4. The number of rotatable bonds is 4. The monoisotopic (exact) mass is 240 g/mol. The zero-order valence-electron chi connectivity index (χ0n) is 10.2. The molecule has 0 aliphatic heterocycles. The SMILES string of the molecule is CCC(C)CC(O)O.O=C(O)c1ccccc1. The molecule has 0 spiro atoms. The minimum Gasteiger partial charge on any atom is -0.478 e. The van der Waals surface area contributed by atoms with Gasteiger partial charge in [-0.2, -0.15) is 0 Å². The first-order valence-electron chi connectivity index (χ1n) is 5.61. The zero-order valence-corrected chi connectivity index (χ0v) is 10.2. The van der Waals surface area contributed by atoms with Gasteiger partial charge in [0.1, 0.15) is 0 Å². The van der Waals surface area contributed by atoms with Crippen LogP contribution in [0.4, 0.5) is 0 Å². The van der Waals surface area contributed by atoms with E-state index < -0.39 is 12.3 Å². The van der Waals surface area contributed by atoms with Gasteiger partial charge in [-0.1, -0.05) is 38.5 Å². The van der Waals surface area contributed by atoms with E-state index in [1.165, 1.54) is 0 Å². The Balaban J connectivity index is 0.000000304. The fourth-order valence-corrected chi connectivity index (χ4v) is 1.11. The van der Waals surface area contributed by atoms with Gasteiger partial charge in [0.2, 0.25) is 0 Å². The van der Waals surface area contributed by atoms with Gasteiger partial charge in [0.25, 0.3) is 0 Å². The minimum absolute atomic E-state index is 0.331. The van der Waals surface area contributed by atoms with Gasteiger partial charge in [-0.15, -0.1) is 0 Å². The largest absolute Gasteiger partial charge is 0.478 e. The average Bonchev–Trinajstić information content (AvgIpc) is 2.30. The van der Waals surface area contributed by atoms with Crippen molar-refractivity contribution >= 4 is 5.97 Å². The Morgan fingerprint density at radius 2 is 1.76 bits per heavy atom. The van der Waals surface area contributed by atoms with Crippen LogP contribution in [0.1, 0.15) is 37.0 Å². The number of benzene rings is 1. The minimum atomic E-state index is -1.12. The molecule has 4 heteroatoms. The van der Waals surface area contributed by atoms with Crippen LogP contribution in [-0.4, -0.2) is 27.6 Å². The van der Waals surface area contributed by atoms with Crippen molar-refractivity contribution in [2.75, 3.05) is 0 Å². The molecule has 1 aromatic rings. The quantitative estimate of drug-likeness (QED) is 0.704. The number of carboxylic acids is 1. The fraction of sp³-hybridized carbons (Fsp3) is 0.462. The van der Waals surface area contributed by atoms with Crippen molar-refractivity contribution in [2.45, 2.75) is 33.0 Å². The van der Waals surface area contributed by atoms with E-state index in [0.717, 1.165) is 6.42 Å². The summed E-state index contributed by atoms with van der Waals surface area (Å²) in [6.07, 6.45) is 0.388. The van der Waals surface area contributed by atoms with Crippen molar-refractivity contribution < 1.29 is 20.1 Å². The van der Waals surface area contributed by atoms with Crippen molar-refractivity contribution in [2.24, 2.45) is 5.92 Å². The summed E-state index contributed by atoms with van der Waals surface area (Å²) >= 11 is 0. The Bertz CT molecular complexity index is 308. The summed E-state index contributed by atoms with van der Waals surface area (Å²) in [5.41, 5.74) is 0.331. The van der Waals surface area contributed by atoms with Crippen LogP contribution >= 0.6 is 0 Å². The number of aliphatic hydroxyl groups is 2. The van der Waals surface area contributed by atoms with Gasteiger partial charge in [0, 0.05) is 6.42 Å². The van der Waals surface area contributed by atoms with Crippen LogP contribution in [0.5, 0.6) is 0 Å². The summed E-state index contributed by atoms with van der Waals surface area (Å²) in [6.45, 7) is 4.03. The van der Waals surface area contributed by atoms with Gasteiger partial charge >= 0.3 is 5.97 Å². The second-order valence-electron chi connectivity index (χ2n) is 3.90. The van der Waals surface area contributed by atoms with Crippen molar-refractivity contribution in [1.29, 1.82) is 0 Å². The third kappa shape index (κ3) is 8.42. The highest BCUT2D eigenvalue weighted by Crippen LogP contribution is 2.07. The molecule has 0 aromatic heterocycles. The van der Waals surface area contributed by atoms with E-state index in [1.54, 1.807) is 30.3 Å². The van der Waals surface area contributed by atoms with Crippen LogP contribution in [0.2, 0.25) is 0 Å². The lowest BCUT2D eigenvalue weighted by Crippen LogP contribution is -2.09. The standard InChI is InChI=1S/C7H6O2.C6H14O2/c8-7(9)6-4-2-1-3-5-6;1-3-5(2)4-6(7)8/h1-5H,(H,8,9);5-8H,3-4H2,1-2H3. The lowest BCUT2D eigenvalue weighted by Gasteiger charge is -2.08. The Labute approximate surface area is 102 Å². The molecule has 0 bridgehead atoms. The zero-order chi connectivity index (χ0) is 13.3. The Morgan fingerprint density at radius 1 is 1.24 bits per heavy atom. The van der Waals surface area contributed by atoms with E-state index in [9.17, 15) is 4.79 Å². The smallest absolute Gasteiger partial charge is 0.335 e. The molecule has 1 aromatic carbocycles. The number of aromatic carboxylic acids is 1. The van der Waals surface area contributed by atoms with Crippen molar-refractivity contribution in [3.63, 3.8) is 0 Å². The van der Waals surface area contributed by atoms with E-state index in [1.807, 2.05) is 13.8 Å². The molecule has 96 valence electrons. The highest BCUT2D eigenvalue weighted by atomic mass is 16.5. The molecule has 0 fully saturated rings. The van der Waals surface area contributed by atoms with E-state index >= 15 is 0 Å². The van der Waals surface area contributed by atoms with Crippen molar-refractivity contribution in [1.82, 2.24) is 0 Å². The third-order valence-corrected chi connectivity index (χ3v) is 2.33. The highest BCUT2D eigenvalue weighted by molar-refractivity contribution is 5.87. The number of hydrogen-bond acceptors (Lipinski definition) is 3. The predicted molar refractivity (Wildman–Crippen MR) is 65.7 cm³/mol. The van der Waals surface area contributed by atoms with Gasteiger partial charge in [-0.25, -0.2) is 4.79 Å². The van der Waals surface area contributed by atoms with Gasteiger partial charge in [0.15, 0.2) is 6.29 Å². The summed E-state index contributed by atoms with van der Waals surface area (Å²) in [5, 5.41) is 25.2. The average molecular weight is 240 g/mol. The molecule has 0 heterocycles. The van der Waals surface area contributed by atoms with Crippen LogP contribution in [0.15, 0.2) is 30.3 Å². The first kappa shape index (κ1) is 15.6. The molecule has 0 saturated heterocycles. The number of hydrogen-bond donors (Lipinski definition) is 3. The van der Waals surface area contributed by atoms with Crippen LogP contribution in [-0.2, 0) is 0 Å². The summed E-state index contributed by atoms with van der Waals surface area (Å²) < 4.78 is 0. The first-order chi connectivity index (χ1) is 7.97. The van der Waals surface area contributed by atoms with Crippen LogP contribution in [0.3, 0.4) is 0 Å². The van der Waals surface area contributed by atoms with Crippen molar-refractivity contribution in [3.05, 3.63) is 35.9 Å². The van der Waals surface area contributed by atoms with E-state index in [0.29, 0.717) is 17.9 Å². The summed E-state index contributed by atoms with van der Waals surface area (Å²) in [5.74, 6) is -0.453. The first-order valence-corrected chi connectivity index (χ1v) is 5.61. The molecule has 0 amide bonds. The maximum absolute atomic E-state index is 10.2.